The molecule has 0 unspecified atom stereocenters. The number of carbonyl (C=O) groups is 1. The lowest BCUT2D eigenvalue weighted by atomic mass is 9.98. The first-order valence-corrected chi connectivity index (χ1v) is 8.96. The Balaban J connectivity index is 2.27. The van der Waals surface area contributed by atoms with Crippen molar-refractivity contribution in [2.24, 2.45) is 5.92 Å². The fourth-order valence-electron chi connectivity index (χ4n) is 2.61. The number of ether oxygens (including phenoxy) is 1. The van der Waals surface area contributed by atoms with Crippen molar-refractivity contribution < 1.29 is 23.1 Å². The van der Waals surface area contributed by atoms with Crippen molar-refractivity contribution in [1.82, 2.24) is 4.90 Å². The average Bonchev–Trinajstić information content (AvgIpc) is 2.49. The molecule has 1 aromatic rings. The normalized spacial score (nSPS) is 22.0. The largest absolute Gasteiger partial charge is 0.497 e. The van der Waals surface area contributed by atoms with Crippen molar-refractivity contribution in [3.8, 4) is 5.75 Å². The van der Waals surface area contributed by atoms with Crippen LogP contribution < -0.4 is 4.74 Å². The van der Waals surface area contributed by atoms with Gasteiger partial charge in [-0.25, -0.2) is 8.42 Å². The minimum atomic E-state index is -3.60. The molecule has 0 aliphatic carbocycles. The van der Waals surface area contributed by atoms with Crippen LogP contribution >= 0.6 is 0 Å². The summed E-state index contributed by atoms with van der Waals surface area (Å²) in [5.41, 5.74) is 0.810. The fourth-order valence-corrected chi connectivity index (χ4v) is 4.48. The molecule has 7 heteroatoms. The van der Waals surface area contributed by atoms with Crippen LogP contribution in [0.2, 0.25) is 0 Å². The Bertz CT molecular complexity index is 675. The average molecular weight is 341 g/mol. The van der Waals surface area contributed by atoms with Gasteiger partial charge in [0, 0.05) is 6.54 Å². The topological polar surface area (TPSA) is 83.9 Å². The maximum absolute atomic E-state index is 12.7. The highest BCUT2D eigenvalue weighted by atomic mass is 32.2. The number of nitrogens with zero attached hydrogens (tertiary/aromatic N) is 1. The van der Waals surface area contributed by atoms with Crippen LogP contribution in [0.5, 0.6) is 5.75 Å². The molecular formula is C16H23NO5S. The van der Waals surface area contributed by atoms with Crippen LogP contribution in [0.1, 0.15) is 26.3 Å². The fraction of sp³-hybridized carbons (Fsp3) is 0.562. The summed E-state index contributed by atoms with van der Waals surface area (Å²) < 4.78 is 29.5. The third kappa shape index (κ3) is 3.07. The number of rotatable bonds is 5. The van der Waals surface area contributed by atoms with Crippen LogP contribution in [0.25, 0.3) is 0 Å². The minimum absolute atomic E-state index is 0.194. The Hall–Kier alpha value is -1.60. The van der Waals surface area contributed by atoms with E-state index in [9.17, 15) is 18.3 Å². The molecule has 0 radical (unpaired) electrons. The van der Waals surface area contributed by atoms with Gasteiger partial charge >= 0.3 is 0 Å². The van der Waals surface area contributed by atoms with Crippen LogP contribution in [0.15, 0.2) is 24.3 Å². The lowest BCUT2D eigenvalue weighted by Gasteiger charge is -2.47. The summed E-state index contributed by atoms with van der Waals surface area (Å²) in [5.74, 6) is -0.519. The molecule has 1 aromatic carbocycles. The summed E-state index contributed by atoms with van der Waals surface area (Å²) in [4.78, 5) is 13.5. The predicted molar refractivity (Wildman–Crippen MR) is 86.6 cm³/mol. The van der Waals surface area contributed by atoms with Crippen molar-refractivity contribution in [2.75, 3.05) is 13.7 Å². The van der Waals surface area contributed by atoms with Gasteiger partial charge in [-0.3, -0.25) is 4.79 Å². The van der Waals surface area contributed by atoms with Gasteiger partial charge in [-0.15, -0.1) is 0 Å². The zero-order valence-electron chi connectivity index (χ0n) is 13.8. The molecule has 6 nitrogen and oxygen atoms in total. The summed E-state index contributed by atoms with van der Waals surface area (Å²) in [7, 11) is -2.03. The number of aliphatic hydroxyl groups excluding tert-OH is 1. The van der Waals surface area contributed by atoms with Gasteiger partial charge < -0.3 is 14.7 Å². The van der Waals surface area contributed by atoms with Crippen molar-refractivity contribution >= 4 is 15.7 Å². The summed E-state index contributed by atoms with van der Waals surface area (Å²) in [6.45, 7) is 4.54. The van der Waals surface area contributed by atoms with Crippen LogP contribution in [0.4, 0.5) is 0 Å². The molecule has 23 heavy (non-hydrogen) atoms. The van der Waals surface area contributed by atoms with Crippen LogP contribution in [0.3, 0.4) is 0 Å². The maximum Gasteiger partial charge on any atom is 0.232 e. The number of hydrogen-bond donors (Lipinski definition) is 1. The Kier molecular flexibility index (Phi) is 4.73. The third-order valence-corrected chi connectivity index (χ3v) is 7.06. The quantitative estimate of drug-likeness (QED) is 0.813. The molecule has 0 saturated carbocycles. The second kappa shape index (κ2) is 6.13. The zero-order chi connectivity index (χ0) is 17.4. The molecule has 0 spiro atoms. The van der Waals surface area contributed by atoms with E-state index in [-0.39, 0.29) is 12.5 Å². The molecule has 128 valence electrons. The van der Waals surface area contributed by atoms with Crippen LogP contribution in [-0.4, -0.2) is 48.2 Å². The Morgan fingerprint density at radius 1 is 1.22 bits per heavy atom. The lowest BCUT2D eigenvalue weighted by molar-refractivity contribution is -0.154. The summed E-state index contributed by atoms with van der Waals surface area (Å²) in [6, 6.07) is 7.10. The first kappa shape index (κ1) is 17.7. The van der Waals surface area contributed by atoms with Gasteiger partial charge in [0.05, 0.1) is 24.4 Å². The van der Waals surface area contributed by atoms with Gasteiger partial charge in [0.25, 0.3) is 0 Å². The first-order chi connectivity index (χ1) is 10.6. The number of carbonyl (C=O) groups excluding carboxylic acids is 1. The monoisotopic (exact) mass is 341 g/mol. The van der Waals surface area contributed by atoms with Crippen molar-refractivity contribution in [3.63, 3.8) is 0 Å². The molecule has 0 aromatic heterocycles. The van der Waals surface area contributed by atoms with Gasteiger partial charge in [-0.1, -0.05) is 12.1 Å². The van der Waals surface area contributed by atoms with E-state index in [0.29, 0.717) is 5.75 Å². The van der Waals surface area contributed by atoms with E-state index >= 15 is 0 Å². The highest BCUT2D eigenvalue weighted by Crippen LogP contribution is 2.37. The third-order valence-electron chi connectivity index (χ3n) is 4.13. The summed E-state index contributed by atoms with van der Waals surface area (Å²) in [6.07, 6.45) is 0. The van der Waals surface area contributed by atoms with E-state index < -0.39 is 32.5 Å². The molecule has 1 amide bonds. The summed E-state index contributed by atoms with van der Waals surface area (Å²) >= 11 is 0. The molecule has 2 atom stereocenters. The number of β-lactam (4-membered cyclic amide) rings is 1. The summed E-state index contributed by atoms with van der Waals surface area (Å²) in [5, 5.41) is 8.40. The molecule has 0 bridgehead atoms. The number of benzene rings is 1. The molecule has 1 N–H and O–H groups in total. The number of methoxy groups -OCH3 is 1. The number of aliphatic hydroxyl groups is 1. The highest BCUT2D eigenvalue weighted by Gasteiger charge is 2.56. The maximum atomic E-state index is 12.7. The van der Waals surface area contributed by atoms with Crippen molar-refractivity contribution in [1.29, 1.82) is 0 Å². The number of sulfone groups is 1. The minimum Gasteiger partial charge on any atom is -0.497 e. The number of hydrogen-bond acceptors (Lipinski definition) is 5. The van der Waals surface area contributed by atoms with Crippen LogP contribution in [0, 0.1) is 5.92 Å². The zero-order valence-corrected chi connectivity index (χ0v) is 14.6. The van der Waals surface area contributed by atoms with Gasteiger partial charge in [0.2, 0.25) is 5.91 Å². The SMILES string of the molecule is COc1ccc(CN2C(=O)[C@H](CO)[C@H]2S(=O)(=O)C(C)(C)C)cc1. The van der Waals surface area contributed by atoms with Gasteiger partial charge in [-0.05, 0) is 38.5 Å². The van der Waals surface area contributed by atoms with Crippen molar-refractivity contribution in [2.45, 2.75) is 37.4 Å². The van der Waals surface area contributed by atoms with Gasteiger partial charge in [0.15, 0.2) is 9.84 Å². The molecule has 1 aliphatic heterocycles. The van der Waals surface area contributed by atoms with E-state index in [1.54, 1.807) is 52.1 Å². The number of amides is 1. The Labute approximate surface area is 137 Å². The van der Waals surface area contributed by atoms with E-state index in [0.717, 1.165) is 5.56 Å². The van der Waals surface area contributed by atoms with E-state index in [4.69, 9.17) is 4.74 Å². The molecular weight excluding hydrogens is 318 g/mol. The van der Waals surface area contributed by atoms with E-state index in [1.165, 1.54) is 4.90 Å². The first-order valence-electron chi connectivity index (χ1n) is 7.41. The number of likely N-dealkylation sites (tertiary alicyclic amines) is 1. The molecule has 1 aliphatic rings. The lowest BCUT2D eigenvalue weighted by Crippen LogP contribution is -2.67. The highest BCUT2D eigenvalue weighted by molar-refractivity contribution is 7.93. The Morgan fingerprint density at radius 2 is 1.78 bits per heavy atom. The van der Waals surface area contributed by atoms with E-state index in [2.05, 4.69) is 0 Å². The second-order valence-electron chi connectivity index (χ2n) is 6.65. The second-order valence-corrected chi connectivity index (χ2v) is 9.45. The molecule has 2 rings (SSSR count). The van der Waals surface area contributed by atoms with Gasteiger partial charge in [0.1, 0.15) is 11.1 Å². The Morgan fingerprint density at radius 3 is 2.22 bits per heavy atom. The molecule has 1 heterocycles. The van der Waals surface area contributed by atoms with Crippen molar-refractivity contribution in [3.05, 3.63) is 29.8 Å². The van der Waals surface area contributed by atoms with E-state index in [1.807, 2.05) is 0 Å². The van der Waals surface area contributed by atoms with Crippen LogP contribution in [-0.2, 0) is 21.2 Å². The molecule has 1 fully saturated rings. The standard InChI is InChI=1S/C16H23NO5S/c1-16(2,3)23(20,21)15-13(10-18)14(19)17(15)9-11-5-7-12(22-4)8-6-11/h5-8,13,15,18H,9-10H2,1-4H3/t13-,15+/m0/s1. The predicted octanol–water partition coefficient (Wildman–Crippen LogP) is 1.19. The molecule has 1 saturated heterocycles. The van der Waals surface area contributed by atoms with Gasteiger partial charge in [-0.2, -0.15) is 0 Å². The smallest absolute Gasteiger partial charge is 0.232 e.